The summed E-state index contributed by atoms with van der Waals surface area (Å²) >= 11 is 0. The second kappa shape index (κ2) is 5.82. The largest absolute Gasteiger partial charge is 0.361 e. The smallest absolute Gasteiger partial charge is 0.311 e. The van der Waals surface area contributed by atoms with Crippen molar-refractivity contribution in [2.24, 2.45) is 5.10 Å². The number of hydrazone groups is 1. The molecule has 8 heteroatoms. The van der Waals surface area contributed by atoms with Crippen molar-refractivity contribution in [3.8, 4) is 0 Å². The lowest BCUT2D eigenvalue weighted by Gasteiger charge is -1.97. The fraction of sp³-hybridized carbons (Fsp3) is 0.118. The lowest BCUT2D eigenvalue weighted by Crippen LogP contribution is -2.19. The van der Waals surface area contributed by atoms with E-state index in [9.17, 15) is 4.79 Å². The molecule has 2 N–H and O–H groups in total. The number of para-hydroxylation sites is 1. The molecule has 0 bridgehead atoms. The van der Waals surface area contributed by atoms with Crippen LogP contribution in [0.1, 0.15) is 27.6 Å². The third kappa shape index (κ3) is 2.74. The standard InChI is InChI=1S/C17H15N7O/c1-10-7-11(2)24-17(20-10)21-15(23-24)16(25)22-19-9-12-8-18-14-6-4-3-5-13(12)14/h3-9,18H,1-2H3,(H,22,25)/b19-9-. The normalized spacial score (nSPS) is 11.6. The van der Waals surface area contributed by atoms with Crippen molar-refractivity contribution in [1.29, 1.82) is 0 Å². The van der Waals surface area contributed by atoms with Crippen molar-refractivity contribution in [3.05, 3.63) is 59.3 Å². The molecule has 1 amide bonds. The molecule has 0 saturated carbocycles. The van der Waals surface area contributed by atoms with Crippen LogP contribution in [0.4, 0.5) is 0 Å². The zero-order chi connectivity index (χ0) is 17.4. The number of benzene rings is 1. The van der Waals surface area contributed by atoms with Gasteiger partial charge < -0.3 is 4.98 Å². The summed E-state index contributed by atoms with van der Waals surface area (Å²) in [7, 11) is 0. The number of aromatic nitrogens is 5. The second-order valence-corrected chi connectivity index (χ2v) is 5.67. The van der Waals surface area contributed by atoms with Crippen molar-refractivity contribution in [1.82, 2.24) is 30.0 Å². The van der Waals surface area contributed by atoms with Gasteiger partial charge >= 0.3 is 5.91 Å². The van der Waals surface area contributed by atoms with Crippen LogP contribution in [0.2, 0.25) is 0 Å². The van der Waals surface area contributed by atoms with Crippen LogP contribution in [0.25, 0.3) is 16.7 Å². The Kier molecular flexibility index (Phi) is 3.50. The van der Waals surface area contributed by atoms with Crippen LogP contribution in [0, 0.1) is 13.8 Å². The highest BCUT2D eigenvalue weighted by molar-refractivity contribution is 5.99. The topological polar surface area (TPSA) is 100 Å². The maximum atomic E-state index is 12.2. The highest BCUT2D eigenvalue weighted by Crippen LogP contribution is 2.15. The van der Waals surface area contributed by atoms with E-state index in [0.29, 0.717) is 5.78 Å². The Hall–Kier alpha value is -3.55. The molecule has 124 valence electrons. The summed E-state index contributed by atoms with van der Waals surface area (Å²) in [5.41, 5.74) is 6.02. The maximum absolute atomic E-state index is 12.2. The van der Waals surface area contributed by atoms with Crippen molar-refractivity contribution in [2.45, 2.75) is 13.8 Å². The molecule has 3 aromatic heterocycles. The highest BCUT2D eigenvalue weighted by atomic mass is 16.2. The fourth-order valence-corrected chi connectivity index (χ4v) is 2.67. The van der Waals surface area contributed by atoms with Gasteiger partial charge in [-0.15, -0.1) is 5.10 Å². The molecule has 3 heterocycles. The van der Waals surface area contributed by atoms with E-state index >= 15 is 0 Å². The summed E-state index contributed by atoms with van der Waals surface area (Å²) in [5.74, 6) is -0.0702. The number of carbonyl (C=O) groups excluding carboxylic acids is 1. The molecule has 1 aromatic carbocycles. The Morgan fingerprint density at radius 2 is 2.12 bits per heavy atom. The van der Waals surface area contributed by atoms with Crippen LogP contribution >= 0.6 is 0 Å². The second-order valence-electron chi connectivity index (χ2n) is 5.67. The minimum Gasteiger partial charge on any atom is -0.361 e. The molecule has 4 aromatic rings. The number of aryl methyl sites for hydroxylation is 2. The van der Waals surface area contributed by atoms with Gasteiger partial charge in [0.25, 0.3) is 5.78 Å². The van der Waals surface area contributed by atoms with Gasteiger partial charge in [-0.25, -0.2) is 14.9 Å². The minimum absolute atomic E-state index is 0.0253. The van der Waals surface area contributed by atoms with E-state index in [1.807, 2.05) is 50.4 Å². The van der Waals surface area contributed by atoms with Gasteiger partial charge in [0.2, 0.25) is 5.82 Å². The third-order valence-corrected chi connectivity index (χ3v) is 3.81. The van der Waals surface area contributed by atoms with E-state index in [1.54, 1.807) is 6.21 Å². The van der Waals surface area contributed by atoms with E-state index in [-0.39, 0.29) is 5.82 Å². The van der Waals surface area contributed by atoms with Gasteiger partial charge in [0.1, 0.15) is 0 Å². The first-order valence-electron chi connectivity index (χ1n) is 7.72. The molecule has 0 fully saturated rings. The Morgan fingerprint density at radius 3 is 3.00 bits per heavy atom. The molecule has 25 heavy (non-hydrogen) atoms. The molecule has 0 saturated heterocycles. The van der Waals surface area contributed by atoms with Crippen LogP contribution in [0.15, 0.2) is 41.6 Å². The number of amides is 1. The van der Waals surface area contributed by atoms with Crippen molar-refractivity contribution < 1.29 is 4.79 Å². The molecule has 0 aliphatic rings. The van der Waals surface area contributed by atoms with Crippen LogP contribution in [0.3, 0.4) is 0 Å². The van der Waals surface area contributed by atoms with Crippen molar-refractivity contribution in [3.63, 3.8) is 0 Å². The molecule has 0 unspecified atom stereocenters. The average molecular weight is 333 g/mol. The fourth-order valence-electron chi connectivity index (χ4n) is 2.67. The van der Waals surface area contributed by atoms with Crippen LogP contribution in [0.5, 0.6) is 0 Å². The third-order valence-electron chi connectivity index (χ3n) is 3.81. The number of aromatic amines is 1. The van der Waals surface area contributed by atoms with Gasteiger partial charge in [0.15, 0.2) is 0 Å². The summed E-state index contributed by atoms with van der Waals surface area (Å²) in [5, 5.41) is 9.20. The van der Waals surface area contributed by atoms with Crippen LogP contribution in [-0.4, -0.2) is 36.7 Å². The predicted molar refractivity (Wildman–Crippen MR) is 93.6 cm³/mol. The minimum atomic E-state index is -0.487. The number of nitrogens with zero attached hydrogens (tertiary/aromatic N) is 5. The zero-order valence-electron chi connectivity index (χ0n) is 13.7. The molecule has 0 aliphatic carbocycles. The van der Waals surface area contributed by atoms with E-state index in [1.165, 1.54) is 4.52 Å². The summed E-state index contributed by atoms with van der Waals surface area (Å²) in [6.07, 6.45) is 3.42. The molecule has 0 radical (unpaired) electrons. The number of hydrogen-bond donors (Lipinski definition) is 2. The molecular formula is C17H15N7O. The predicted octanol–water partition coefficient (Wildman–Crippen LogP) is 1.99. The number of H-pyrrole nitrogens is 1. The summed E-state index contributed by atoms with van der Waals surface area (Å²) in [6.45, 7) is 3.75. The van der Waals surface area contributed by atoms with Gasteiger partial charge in [-0.05, 0) is 26.0 Å². The first kappa shape index (κ1) is 15.0. The Bertz CT molecular complexity index is 1120. The van der Waals surface area contributed by atoms with E-state index in [0.717, 1.165) is 27.9 Å². The SMILES string of the molecule is Cc1cc(C)n2nc(C(=O)N/N=C\c3c[nH]c4ccccc34)nc2n1. The van der Waals surface area contributed by atoms with Crippen molar-refractivity contribution in [2.75, 3.05) is 0 Å². The summed E-state index contributed by atoms with van der Waals surface area (Å²) in [4.78, 5) is 23.8. The van der Waals surface area contributed by atoms with Gasteiger partial charge in [-0.1, -0.05) is 18.2 Å². The van der Waals surface area contributed by atoms with Crippen molar-refractivity contribution >= 4 is 28.8 Å². The van der Waals surface area contributed by atoms with E-state index in [2.05, 4.69) is 30.6 Å². The van der Waals surface area contributed by atoms with Gasteiger partial charge in [0, 0.05) is 34.1 Å². The monoisotopic (exact) mass is 333 g/mol. The number of fused-ring (bicyclic) bond motifs is 2. The summed E-state index contributed by atoms with van der Waals surface area (Å²) < 4.78 is 1.53. The van der Waals surface area contributed by atoms with Gasteiger partial charge in [-0.2, -0.15) is 10.1 Å². The maximum Gasteiger partial charge on any atom is 0.311 e. The number of nitrogens with one attached hydrogen (secondary N) is 2. The average Bonchev–Trinajstić information content (AvgIpc) is 3.19. The van der Waals surface area contributed by atoms with Gasteiger partial charge in [0.05, 0.1) is 6.21 Å². The molecule has 0 atom stereocenters. The Morgan fingerprint density at radius 1 is 1.28 bits per heavy atom. The molecular weight excluding hydrogens is 318 g/mol. The lowest BCUT2D eigenvalue weighted by molar-refractivity contribution is 0.0945. The summed E-state index contributed by atoms with van der Waals surface area (Å²) in [6, 6.07) is 9.73. The highest BCUT2D eigenvalue weighted by Gasteiger charge is 2.14. The number of carbonyl (C=O) groups is 1. The number of rotatable bonds is 3. The first-order valence-corrected chi connectivity index (χ1v) is 7.72. The Balaban J connectivity index is 1.55. The van der Waals surface area contributed by atoms with Crippen LogP contribution in [-0.2, 0) is 0 Å². The zero-order valence-corrected chi connectivity index (χ0v) is 13.7. The number of hydrogen-bond acceptors (Lipinski definition) is 5. The Labute approximate surface area is 142 Å². The molecule has 0 spiro atoms. The van der Waals surface area contributed by atoms with E-state index in [4.69, 9.17) is 0 Å². The molecule has 0 aliphatic heterocycles. The quantitative estimate of drug-likeness (QED) is 0.442. The first-order chi connectivity index (χ1) is 12.1. The van der Waals surface area contributed by atoms with Crippen LogP contribution < -0.4 is 5.43 Å². The lowest BCUT2D eigenvalue weighted by atomic mass is 10.2. The van der Waals surface area contributed by atoms with E-state index < -0.39 is 5.91 Å². The molecule has 8 nitrogen and oxygen atoms in total. The molecule has 4 rings (SSSR count). The van der Waals surface area contributed by atoms with Gasteiger partial charge in [-0.3, -0.25) is 4.79 Å².